The van der Waals surface area contributed by atoms with Gasteiger partial charge in [-0.1, -0.05) is 6.07 Å². The molecule has 30 heavy (non-hydrogen) atoms. The molecule has 8 heteroatoms. The van der Waals surface area contributed by atoms with Crippen LogP contribution in [-0.2, 0) is 6.54 Å². The number of aryl methyl sites for hydroxylation is 2. The largest absolute Gasteiger partial charge is 0.490 e. The molecule has 1 atom stereocenters. The maximum atomic E-state index is 5.74. The second-order valence-electron chi connectivity index (χ2n) is 6.81. The number of nitrogens with one attached hydrogen (secondary N) is 2. The van der Waals surface area contributed by atoms with Gasteiger partial charge in [0.1, 0.15) is 5.82 Å². The molecular formula is C22H36IN5O2. The fourth-order valence-electron chi connectivity index (χ4n) is 3.07. The number of aliphatic imine (C=N–C) groups is 1. The summed E-state index contributed by atoms with van der Waals surface area (Å²) in [5, 5.41) is 6.84. The standard InChI is InChI=1S/C22H35N5O2.HI/c1-6-28-20-11-10-19(16-21(20)29-7-2)17(3)26-22(23-5)25-12-8-9-14-27-15-13-24-18(27)4;/h10-11,13,15-17H,6-9,12,14H2,1-5H3,(H2,23,25,26);1H. The van der Waals surface area contributed by atoms with Crippen molar-refractivity contribution in [1.82, 2.24) is 20.2 Å². The number of ether oxygens (including phenoxy) is 2. The summed E-state index contributed by atoms with van der Waals surface area (Å²) in [6, 6.07) is 6.15. The molecule has 168 valence electrons. The van der Waals surface area contributed by atoms with Crippen LogP contribution in [0, 0.1) is 6.92 Å². The highest BCUT2D eigenvalue weighted by Crippen LogP contribution is 2.30. The van der Waals surface area contributed by atoms with Crippen LogP contribution in [0.25, 0.3) is 0 Å². The van der Waals surface area contributed by atoms with Gasteiger partial charge in [-0.05, 0) is 58.2 Å². The maximum Gasteiger partial charge on any atom is 0.191 e. The summed E-state index contributed by atoms with van der Waals surface area (Å²) in [5.74, 6) is 3.41. The topological polar surface area (TPSA) is 72.7 Å². The molecule has 0 aliphatic heterocycles. The van der Waals surface area contributed by atoms with Crippen molar-refractivity contribution in [3.8, 4) is 11.5 Å². The van der Waals surface area contributed by atoms with Gasteiger partial charge in [-0.2, -0.15) is 0 Å². The summed E-state index contributed by atoms with van der Waals surface area (Å²) in [6.45, 7) is 11.2. The summed E-state index contributed by atoms with van der Waals surface area (Å²) < 4.78 is 13.6. The average Bonchev–Trinajstić information content (AvgIpc) is 3.13. The number of unbranched alkanes of at least 4 members (excludes halogenated alkanes) is 1. The maximum absolute atomic E-state index is 5.74. The van der Waals surface area contributed by atoms with Gasteiger partial charge in [-0.15, -0.1) is 24.0 Å². The fraction of sp³-hybridized carbons (Fsp3) is 0.545. The lowest BCUT2D eigenvalue weighted by molar-refractivity contribution is 0.287. The molecule has 2 aromatic rings. The summed E-state index contributed by atoms with van der Waals surface area (Å²) in [5.41, 5.74) is 1.12. The van der Waals surface area contributed by atoms with Crippen LogP contribution < -0.4 is 20.1 Å². The number of hydrogen-bond donors (Lipinski definition) is 2. The van der Waals surface area contributed by atoms with Gasteiger partial charge in [0.15, 0.2) is 17.5 Å². The highest BCUT2D eigenvalue weighted by molar-refractivity contribution is 14.0. The van der Waals surface area contributed by atoms with E-state index in [1.807, 2.05) is 45.3 Å². The smallest absolute Gasteiger partial charge is 0.191 e. The third kappa shape index (κ3) is 8.04. The third-order valence-corrected chi connectivity index (χ3v) is 4.69. The number of aromatic nitrogens is 2. The monoisotopic (exact) mass is 529 g/mol. The Balaban J connectivity index is 0.00000450. The van der Waals surface area contributed by atoms with Crippen LogP contribution in [-0.4, -0.2) is 42.3 Å². The van der Waals surface area contributed by atoms with Crippen LogP contribution in [0.4, 0.5) is 0 Å². The number of hydrogen-bond acceptors (Lipinski definition) is 4. The first-order chi connectivity index (χ1) is 14.1. The Morgan fingerprint density at radius 3 is 2.53 bits per heavy atom. The van der Waals surface area contributed by atoms with Gasteiger partial charge in [0.05, 0.1) is 19.3 Å². The van der Waals surface area contributed by atoms with E-state index in [1.54, 1.807) is 7.05 Å². The Labute approximate surface area is 197 Å². The SMILES string of the molecule is CCOc1ccc(C(C)NC(=NC)NCCCCn2ccnc2C)cc1OCC.I. The molecule has 0 radical (unpaired) electrons. The van der Waals surface area contributed by atoms with E-state index in [0.717, 1.165) is 54.8 Å². The van der Waals surface area contributed by atoms with Crippen molar-refractivity contribution in [2.45, 2.75) is 53.1 Å². The van der Waals surface area contributed by atoms with E-state index in [2.05, 4.69) is 38.2 Å². The van der Waals surface area contributed by atoms with Gasteiger partial charge >= 0.3 is 0 Å². The molecule has 0 aliphatic carbocycles. The summed E-state index contributed by atoms with van der Waals surface area (Å²) >= 11 is 0. The van der Waals surface area contributed by atoms with Crippen LogP contribution >= 0.6 is 24.0 Å². The second kappa shape index (κ2) is 14.1. The molecule has 2 rings (SSSR count). The first kappa shape index (κ1) is 26.1. The highest BCUT2D eigenvalue weighted by atomic mass is 127. The Morgan fingerprint density at radius 1 is 1.17 bits per heavy atom. The number of benzene rings is 1. The molecular weight excluding hydrogens is 493 g/mol. The van der Waals surface area contributed by atoms with E-state index >= 15 is 0 Å². The van der Waals surface area contributed by atoms with E-state index in [9.17, 15) is 0 Å². The van der Waals surface area contributed by atoms with Crippen molar-refractivity contribution < 1.29 is 9.47 Å². The number of rotatable bonds is 11. The molecule has 1 heterocycles. The minimum absolute atomic E-state index is 0. The molecule has 0 amide bonds. The average molecular weight is 529 g/mol. The van der Waals surface area contributed by atoms with E-state index in [-0.39, 0.29) is 30.0 Å². The lowest BCUT2D eigenvalue weighted by Gasteiger charge is -2.20. The normalized spacial score (nSPS) is 12.1. The van der Waals surface area contributed by atoms with E-state index < -0.39 is 0 Å². The minimum atomic E-state index is 0. The van der Waals surface area contributed by atoms with Crippen LogP contribution in [0.2, 0.25) is 0 Å². The Hall–Kier alpha value is -1.97. The fourth-order valence-corrected chi connectivity index (χ4v) is 3.07. The molecule has 0 saturated carbocycles. The zero-order valence-electron chi connectivity index (χ0n) is 18.8. The number of imidazole rings is 1. The van der Waals surface area contributed by atoms with E-state index in [0.29, 0.717) is 13.2 Å². The van der Waals surface area contributed by atoms with Gasteiger partial charge in [0.2, 0.25) is 0 Å². The molecule has 2 N–H and O–H groups in total. The Kier molecular flexibility index (Phi) is 12.3. The molecule has 1 aromatic carbocycles. The van der Waals surface area contributed by atoms with Crippen molar-refractivity contribution in [3.63, 3.8) is 0 Å². The van der Waals surface area contributed by atoms with E-state index in [4.69, 9.17) is 9.47 Å². The van der Waals surface area contributed by atoms with Crippen molar-refractivity contribution in [2.75, 3.05) is 26.8 Å². The van der Waals surface area contributed by atoms with Crippen LogP contribution in [0.3, 0.4) is 0 Å². The molecule has 1 unspecified atom stereocenters. The van der Waals surface area contributed by atoms with Crippen LogP contribution in [0.5, 0.6) is 11.5 Å². The zero-order valence-corrected chi connectivity index (χ0v) is 21.1. The van der Waals surface area contributed by atoms with Gasteiger partial charge in [0.25, 0.3) is 0 Å². The molecule has 0 bridgehead atoms. The Bertz CT molecular complexity index is 779. The molecule has 0 fully saturated rings. The third-order valence-electron chi connectivity index (χ3n) is 4.69. The predicted octanol–water partition coefficient (Wildman–Crippen LogP) is 4.31. The molecule has 0 aliphatic rings. The van der Waals surface area contributed by atoms with Crippen molar-refractivity contribution in [3.05, 3.63) is 42.0 Å². The summed E-state index contributed by atoms with van der Waals surface area (Å²) in [6.07, 6.45) is 6.02. The van der Waals surface area contributed by atoms with Crippen molar-refractivity contribution in [2.24, 2.45) is 4.99 Å². The van der Waals surface area contributed by atoms with Gasteiger partial charge in [0, 0.05) is 32.5 Å². The van der Waals surface area contributed by atoms with Gasteiger partial charge in [-0.25, -0.2) is 4.98 Å². The number of guanidine groups is 1. The quantitative estimate of drug-likeness (QED) is 0.197. The van der Waals surface area contributed by atoms with Crippen LogP contribution in [0.15, 0.2) is 35.6 Å². The van der Waals surface area contributed by atoms with Crippen molar-refractivity contribution >= 4 is 29.9 Å². The lowest BCUT2D eigenvalue weighted by Crippen LogP contribution is -2.39. The number of halogens is 1. The van der Waals surface area contributed by atoms with E-state index in [1.165, 1.54) is 0 Å². The lowest BCUT2D eigenvalue weighted by atomic mass is 10.1. The van der Waals surface area contributed by atoms with Gasteiger partial charge in [-0.3, -0.25) is 4.99 Å². The molecule has 1 aromatic heterocycles. The van der Waals surface area contributed by atoms with Crippen LogP contribution in [0.1, 0.15) is 51.0 Å². The molecule has 0 spiro atoms. The summed E-state index contributed by atoms with van der Waals surface area (Å²) in [7, 11) is 1.79. The Morgan fingerprint density at radius 2 is 1.90 bits per heavy atom. The summed E-state index contributed by atoms with van der Waals surface area (Å²) in [4.78, 5) is 8.60. The first-order valence-electron chi connectivity index (χ1n) is 10.4. The van der Waals surface area contributed by atoms with Crippen molar-refractivity contribution in [1.29, 1.82) is 0 Å². The number of nitrogens with zero attached hydrogens (tertiary/aromatic N) is 3. The highest BCUT2D eigenvalue weighted by Gasteiger charge is 2.12. The molecule has 0 saturated heterocycles. The van der Waals surface area contributed by atoms with Gasteiger partial charge < -0.3 is 24.7 Å². The first-order valence-corrected chi connectivity index (χ1v) is 10.4. The predicted molar refractivity (Wildman–Crippen MR) is 133 cm³/mol. The minimum Gasteiger partial charge on any atom is -0.490 e. The zero-order chi connectivity index (χ0) is 21.1. The molecule has 7 nitrogen and oxygen atoms in total. The second-order valence-corrected chi connectivity index (χ2v) is 6.81.